The Labute approximate surface area is 301 Å². The highest BCUT2D eigenvalue weighted by Crippen LogP contribution is 2.33. The Morgan fingerprint density at radius 3 is 1.25 bits per heavy atom. The number of anilines is 2. The molecule has 0 fully saturated rings. The number of aryl methyl sites for hydroxylation is 2. The Hall–Kier alpha value is -6.92. The summed E-state index contributed by atoms with van der Waals surface area (Å²) in [7, 11) is 0. The maximum atomic E-state index is 14.0. The monoisotopic (exact) mass is 674 g/mol. The van der Waals surface area contributed by atoms with E-state index >= 15 is 0 Å². The number of hydrogen-bond donors (Lipinski definition) is 2. The van der Waals surface area contributed by atoms with Gasteiger partial charge in [-0.05, 0) is 96.8 Å². The summed E-state index contributed by atoms with van der Waals surface area (Å²) in [5.41, 5.74) is 11.0. The summed E-state index contributed by atoms with van der Waals surface area (Å²) in [6.07, 6.45) is 0. The molecule has 0 radical (unpaired) electrons. The molecule has 6 aromatic carbocycles. The molecule has 0 atom stereocenters. The molecule has 0 aliphatic rings. The number of benzene rings is 6. The van der Waals surface area contributed by atoms with Gasteiger partial charge in [-0.25, -0.2) is 9.97 Å². The molecule has 2 heterocycles. The number of fused-ring (bicyclic) bond motifs is 2. The van der Waals surface area contributed by atoms with E-state index in [4.69, 9.17) is 9.97 Å². The Bertz CT molecular complexity index is 2450. The van der Waals surface area contributed by atoms with Gasteiger partial charge >= 0.3 is 0 Å². The third-order valence-electron chi connectivity index (χ3n) is 9.13. The summed E-state index contributed by atoms with van der Waals surface area (Å²) in [5, 5.41) is 7.63. The van der Waals surface area contributed by atoms with E-state index in [1.54, 1.807) is 0 Å². The molecule has 0 saturated carbocycles. The van der Waals surface area contributed by atoms with Crippen LogP contribution in [0.15, 0.2) is 158 Å². The van der Waals surface area contributed by atoms with Gasteiger partial charge in [0.05, 0.1) is 33.5 Å². The van der Waals surface area contributed by atoms with Crippen molar-refractivity contribution in [3.8, 4) is 33.6 Å². The fourth-order valence-electron chi connectivity index (χ4n) is 6.54. The number of rotatable bonds is 7. The predicted octanol–water partition coefficient (Wildman–Crippen LogP) is 10.9. The Morgan fingerprint density at radius 1 is 0.423 bits per heavy atom. The zero-order chi connectivity index (χ0) is 35.6. The van der Waals surface area contributed by atoms with Crippen molar-refractivity contribution in [3.63, 3.8) is 0 Å². The van der Waals surface area contributed by atoms with Crippen LogP contribution in [0.1, 0.15) is 31.8 Å². The molecular weight excluding hydrogens is 641 g/mol. The molecule has 0 saturated heterocycles. The van der Waals surface area contributed by atoms with Crippen LogP contribution in [0.5, 0.6) is 0 Å². The number of nitrogens with zero attached hydrogens (tertiary/aromatic N) is 2. The molecule has 0 aliphatic carbocycles. The smallest absolute Gasteiger partial charge is 0.256 e. The number of carbonyl (C=O) groups is 2. The molecule has 2 N–H and O–H groups in total. The zero-order valence-electron chi connectivity index (χ0n) is 28.7. The van der Waals surface area contributed by atoms with Crippen molar-refractivity contribution in [1.82, 2.24) is 9.97 Å². The van der Waals surface area contributed by atoms with Gasteiger partial charge in [0.2, 0.25) is 0 Å². The van der Waals surface area contributed by atoms with Crippen molar-refractivity contribution >= 4 is 45.0 Å². The fraction of sp³-hybridized carbons (Fsp3) is 0.0435. The van der Waals surface area contributed by atoms with Gasteiger partial charge in [0, 0.05) is 33.3 Å². The average Bonchev–Trinajstić information content (AvgIpc) is 3.17. The molecule has 2 amide bonds. The third kappa shape index (κ3) is 6.65. The van der Waals surface area contributed by atoms with Crippen molar-refractivity contribution in [2.45, 2.75) is 13.8 Å². The number of carbonyl (C=O) groups excluding carboxylic acids is 2. The first-order valence-corrected chi connectivity index (χ1v) is 17.1. The molecule has 0 bridgehead atoms. The van der Waals surface area contributed by atoms with Crippen LogP contribution in [0, 0.1) is 13.8 Å². The highest BCUT2D eigenvalue weighted by molar-refractivity contribution is 6.15. The standard InChI is InChI=1S/C46H34N4O2/c1-29-11-9-17-35(23-29)47-45(51)39-27-43(31-13-5-3-6-14-31)49-41-21-19-33(25-37(39)41)34-20-22-42-38(26-34)40(28-44(50-42)32-15-7-4-8-16-32)46(52)48-36-18-10-12-30(2)24-36/h3-28H,1-2H3,(H,47,51)(H,48,52). The van der Waals surface area contributed by atoms with Crippen molar-refractivity contribution in [1.29, 1.82) is 0 Å². The van der Waals surface area contributed by atoms with Gasteiger partial charge in [0.1, 0.15) is 0 Å². The minimum atomic E-state index is -0.224. The summed E-state index contributed by atoms with van der Waals surface area (Å²) in [6.45, 7) is 3.99. The SMILES string of the molecule is Cc1cccc(NC(=O)c2cc(-c3ccccc3)nc3ccc(-c4ccc5nc(-c6ccccc6)cc(C(=O)Nc6cccc(C)c6)c5c4)cc23)c1. The van der Waals surface area contributed by atoms with Gasteiger partial charge in [-0.3, -0.25) is 9.59 Å². The van der Waals surface area contributed by atoms with Crippen LogP contribution in [0.25, 0.3) is 55.4 Å². The van der Waals surface area contributed by atoms with Crippen molar-refractivity contribution < 1.29 is 9.59 Å². The van der Waals surface area contributed by atoms with Crippen LogP contribution in [-0.2, 0) is 0 Å². The summed E-state index contributed by atoms with van der Waals surface area (Å²) >= 11 is 0. The lowest BCUT2D eigenvalue weighted by atomic mass is 9.96. The van der Waals surface area contributed by atoms with Gasteiger partial charge in [-0.15, -0.1) is 0 Å². The van der Waals surface area contributed by atoms with Crippen LogP contribution in [0.4, 0.5) is 11.4 Å². The first-order valence-electron chi connectivity index (χ1n) is 17.1. The van der Waals surface area contributed by atoms with E-state index in [-0.39, 0.29) is 11.8 Å². The molecule has 6 nitrogen and oxygen atoms in total. The molecule has 250 valence electrons. The molecule has 52 heavy (non-hydrogen) atoms. The summed E-state index contributed by atoms with van der Waals surface area (Å²) in [4.78, 5) is 37.9. The molecule has 8 aromatic rings. The highest BCUT2D eigenvalue weighted by atomic mass is 16.2. The maximum absolute atomic E-state index is 14.0. The van der Waals surface area contributed by atoms with E-state index in [0.29, 0.717) is 33.5 Å². The van der Waals surface area contributed by atoms with E-state index in [9.17, 15) is 9.59 Å². The lowest BCUT2D eigenvalue weighted by Crippen LogP contribution is -2.13. The minimum absolute atomic E-state index is 0.224. The normalized spacial score (nSPS) is 11.0. The van der Waals surface area contributed by atoms with Crippen LogP contribution in [0.2, 0.25) is 0 Å². The fourth-order valence-corrected chi connectivity index (χ4v) is 6.54. The first kappa shape index (κ1) is 32.3. The minimum Gasteiger partial charge on any atom is -0.322 e. The van der Waals surface area contributed by atoms with Crippen molar-refractivity contribution in [2.75, 3.05) is 10.6 Å². The summed E-state index contributed by atoms with van der Waals surface area (Å²) < 4.78 is 0. The van der Waals surface area contributed by atoms with E-state index in [0.717, 1.165) is 55.5 Å². The topological polar surface area (TPSA) is 84.0 Å². The second-order valence-electron chi connectivity index (χ2n) is 13.0. The number of amides is 2. The summed E-state index contributed by atoms with van der Waals surface area (Å²) in [5.74, 6) is -0.447. The van der Waals surface area contributed by atoms with Gasteiger partial charge in [-0.1, -0.05) is 97.1 Å². The van der Waals surface area contributed by atoms with Crippen LogP contribution >= 0.6 is 0 Å². The predicted molar refractivity (Wildman–Crippen MR) is 212 cm³/mol. The number of pyridine rings is 2. The van der Waals surface area contributed by atoms with Crippen LogP contribution in [-0.4, -0.2) is 21.8 Å². The van der Waals surface area contributed by atoms with E-state index in [2.05, 4.69) is 10.6 Å². The molecular formula is C46H34N4O2. The van der Waals surface area contributed by atoms with E-state index in [1.165, 1.54) is 0 Å². The van der Waals surface area contributed by atoms with E-state index in [1.807, 2.05) is 172 Å². The Balaban J connectivity index is 1.25. The molecule has 2 aromatic heterocycles. The van der Waals surface area contributed by atoms with Crippen molar-refractivity contribution in [3.05, 3.63) is 180 Å². The average molecular weight is 675 g/mol. The second-order valence-corrected chi connectivity index (χ2v) is 13.0. The Morgan fingerprint density at radius 2 is 0.846 bits per heavy atom. The van der Waals surface area contributed by atoms with Crippen molar-refractivity contribution in [2.24, 2.45) is 0 Å². The molecule has 0 unspecified atom stereocenters. The maximum Gasteiger partial charge on any atom is 0.256 e. The molecule has 8 rings (SSSR count). The van der Waals surface area contributed by atoms with E-state index < -0.39 is 0 Å². The molecule has 6 heteroatoms. The second kappa shape index (κ2) is 13.8. The third-order valence-corrected chi connectivity index (χ3v) is 9.13. The van der Waals surface area contributed by atoms with Gasteiger partial charge in [0.25, 0.3) is 11.8 Å². The van der Waals surface area contributed by atoms with Gasteiger partial charge < -0.3 is 10.6 Å². The Kier molecular flexibility index (Phi) is 8.55. The first-order chi connectivity index (χ1) is 25.4. The summed E-state index contributed by atoms with van der Waals surface area (Å²) in [6, 6.07) is 50.9. The van der Waals surface area contributed by atoms with Gasteiger partial charge in [-0.2, -0.15) is 0 Å². The molecule has 0 aliphatic heterocycles. The number of aromatic nitrogens is 2. The number of hydrogen-bond acceptors (Lipinski definition) is 4. The lowest BCUT2D eigenvalue weighted by Gasteiger charge is -2.14. The zero-order valence-corrected chi connectivity index (χ0v) is 28.7. The van der Waals surface area contributed by atoms with Crippen LogP contribution < -0.4 is 10.6 Å². The highest BCUT2D eigenvalue weighted by Gasteiger charge is 2.18. The largest absolute Gasteiger partial charge is 0.322 e. The van der Waals surface area contributed by atoms with Gasteiger partial charge in [0.15, 0.2) is 0 Å². The molecule has 0 spiro atoms. The quantitative estimate of drug-likeness (QED) is 0.176. The van der Waals surface area contributed by atoms with Crippen LogP contribution in [0.3, 0.4) is 0 Å². The number of nitrogens with one attached hydrogen (secondary N) is 2. The lowest BCUT2D eigenvalue weighted by molar-refractivity contribution is 0.102.